The molecule has 0 aliphatic heterocycles. The maximum atomic E-state index is 12.4. The van der Waals surface area contributed by atoms with Crippen LogP contribution in [0.25, 0.3) is 0 Å². The van der Waals surface area contributed by atoms with Crippen molar-refractivity contribution in [3.63, 3.8) is 0 Å². The minimum absolute atomic E-state index is 0.216. The minimum atomic E-state index is -4.88. The van der Waals surface area contributed by atoms with Gasteiger partial charge in [0.25, 0.3) is 6.43 Å². The van der Waals surface area contributed by atoms with Gasteiger partial charge in [-0.2, -0.15) is 13.2 Å². The Labute approximate surface area is 86.1 Å². The molecule has 0 spiro atoms. The van der Waals surface area contributed by atoms with Crippen molar-refractivity contribution in [1.82, 2.24) is 4.98 Å². The highest BCUT2D eigenvalue weighted by molar-refractivity contribution is 5.33. The first-order valence-electron chi connectivity index (χ1n) is 4.09. The molecule has 0 aliphatic carbocycles. The third kappa shape index (κ3) is 2.38. The molecule has 0 aliphatic rings. The smallest absolute Gasteiger partial charge is 0.326 e. The Bertz CT molecular complexity index is 437. The Morgan fingerprint density at radius 1 is 1.38 bits per heavy atom. The molecular formula is C8H7F5N2O. The number of H-pyrrole nitrogens is 1. The Morgan fingerprint density at radius 3 is 2.31 bits per heavy atom. The van der Waals surface area contributed by atoms with Crippen molar-refractivity contribution in [3.8, 4) is 0 Å². The quantitative estimate of drug-likeness (QED) is 0.777. The molecule has 90 valence electrons. The summed E-state index contributed by atoms with van der Waals surface area (Å²) in [4.78, 5) is 12.5. The standard InChI is InChI=1S/C8H7F5N2O/c9-7(10)6-3(2-14)4(8(11,12)13)1-5(16)15-6/h1,7H,2,14H2,(H,15,16). The van der Waals surface area contributed by atoms with Gasteiger partial charge >= 0.3 is 6.18 Å². The number of nitrogens with one attached hydrogen (secondary N) is 1. The molecule has 1 aromatic rings. The van der Waals surface area contributed by atoms with E-state index in [1.807, 2.05) is 0 Å². The van der Waals surface area contributed by atoms with Crippen LogP contribution in [0, 0.1) is 0 Å². The predicted octanol–water partition coefficient (Wildman–Crippen LogP) is 1.79. The monoisotopic (exact) mass is 242 g/mol. The number of halogens is 5. The van der Waals surface area contributed by atoms with Gasteiger partial charge in [-0.05, 0) is 0 Å². The second-order valence-corrected chi connectivity index (χ2v) is 2.94. The van der Waals surface area contributed by atoms with Crippen LogP contribution in [0.15, 0.2) is 10.9 Å². The van der Waals surface area contributed by atoms with Crippen LogP contribution in [0.5, 0.6) is 0 Å². The molecule has 0 unspecified atom stereocenters. The second-order valence-electron chi connectivity index (χ2n) is 2.94. The minimum Gasteiger partial charge on any atom is -0.326 e. The first-order valence-corrected chi connectivity index (χ1v) is 4.09. The molecule has 8 heteroatoms. The average Bonchev–Trinajstić information content (AvgIpc) is 2.14. The van der Waals surface area contributed by atoms with Gasteiger partial charge in [-0.1, -0.05) is 0 Å². The molecule has 3 N–H and O–H groups in total. The van der Waals surface area contributed by atoms with E-state index in [-0.39, 0.29) is 6.07 Å². The summed E-state index contributed by atoms with van der Waals surface area (Å²) in [6, 6.07) is 0.216. The molecule has 0 radical (unpaired) electrons. The average molecular weight is 242 g/mol. The van der Waals surface area contributed by atoms with Crippen molar-refractivity contribution in [2.24, 2.45) is 5.73 Å². The number of aromatic nitrogens is 1. The maximum absolute atomic E-state index is 12.4. The maximum Gasteiger partial charge on any atom is 0.416 e. The van der Waals surface area contributed by atoms with Crippen LogP contribution >= 0.6 is 0 Å². The van der Waals surface area contributed by atoms with E-state index in [0.717, 1.165) is 0 Å². The van der Waals surface area contributed by atoms with Crippen LogP contribution in [-0.4, -0.2) is 4.98 Å². The Hall–Kier alpha value is -1.44. The number of rotatable bonds is 2. The van der Waals surface area contributed by atoms with Crippen molar-refractivity contribution < 1.29 is 22.0 Å². The van der Waals surface area contributed by atoms with Gasteiger partial charge in [0.1, 0.15) is 0 Å². The summed E-state index contributed by atoms with van der Waals surface area (Å²) >= 11 is 0. The van der Waals surface area contributed by atoms with Gasteiger partial charge in [0.2, 0.25) is 5.56 Å². The third-order valence-electron chi connectivity index (χ3n) is 1.91. The lowest BCUT2D eigenvalue weighted by Gasteiger charge is -2.14. The summed E-state index contributed by atoms with van der Waals surface area (Å²) < 4.78 is 62.0. The fourth-order valence-electron chi connectivity index (χ4n) is 1.27. The Balaban J connectivity index is 3.55. The number of nitrogens with two attached hydrogens (primary N) is 1. The summed E-state index contributed by atoms with van der Waals surface area (Å²) in [7, 11) is 0. The van der Waals surface area contributed by atoms with E-state index >= 15 is 0 Å². The Kier molecular flexibility index (Phi) is 3.32. The number of pyridine rings is 1. The molecule has 16 heavy (non-hydrogen) atoms. The summed E-state index contributed by atoms with van der Waals surface area (Å²) in [6.45, 7) is -0.731. The van der Waals surface area contributed by atoms with Gasteiger partial charge in [0.15, 0.2) is 0 Å². The lowest BCUT2D eigenvalue weighted by Crippen LogP contribution is -2.21. The zero-order valence-electron chi connectivity index (χ0n) is 7.74. The molecule has 1 aromatic heterocycles. The van der Waals surface area contributed by atoms with Gasteiger partial charge in [0, 0.05) is 18.2 Å². The van der Waals surface area contributed by atoms with Crippen molar-refractivity contribution in [2.45, 2.75) is 19.1 Å². The summed E-state index contributed by atoms with van der Waals surface area (Å²) in [6.07, 6.45) is -8.10. The zero-order chi connectivity index (χ0) is 12.5. The molecule has 0 atom stereocenters. The lowest BCUT2D eigenvalue weighted by molar-refractivity contribution is -0.138. The Morgan fingerprint density at radius 2 is 1.94 bits per heavy atom. The van der Waals surface area contributed by atoms with E-state index in [2.05, 4.69) is 0 Å². The normalized spacial score (nSPS) is 12.2. The van der Waals surface area contributed by atoms with Crippen LogP contribution in [0.4, 0.5) is 22.0 Å². The number of aromatic amines is 1. The van der Waals surface area contributed by atoms with Crippen molar-refractivity contribution in [3.05, 3.63) is 33.2 Å². The van der Waals surface area contributed by atoms with Crippen molar-refractivity contribution >= 4 is 0 Å². The number of hydrogen-bond donors (Lipinski definition) is 2. The topological polar surface area (TPSA) is 58.9 Å². The van der Waals surface area contributed by atoms with E-state index < -0.39 is 41.5 Å². The molecule has 0 saturated carbocycles. The number of hydrogen-bond acceptors (Lipinski definition) is 2. The molecular weight excluding hydrogens is 235 g/mol. The molecule has 0 amide bonds. The highest BCUT2D eigenvalue weighted by Gasteiger charge is 2.35. The van der Waals surface area contributed by atoms with Gasteiger partial charge < -0.3 is 10.7 Å². The van der Waals surface area contributed by atoms with Gasteiger partial charge in [0.05, 0.1) is 11.3 Å². The van der Waals surface area contributed by atoms with Crippen LogP contribution in [-0.2, 0) is 12.7 Å². The molecule has 3 nitrogen and oxygen atoms in total. The van der Waals surface area contributed by atoms with Gasteiger partial charge in [-0.15, -0.1) is 0 Å². The summed E-state index contributed by atoms with van der Waals surface area (Å²) in [5.74, 6) is 0. The highest BCUT2D eigenvalue weighted by Crippen LogP contribution is 2.33. The van der Waals surface area contributed by atoms with Crippen LogP contribution in [0.2, 0.25) is 0 Å². The lowest BCUT2D eigenvalue weighted by atomic mass is 10.1. The van der Waals surface area contributed by atoms with E-state index in [0.29, 0.717) is 0 Å². The molecule has 0 bridgehead atoms. The fourth-order valence-corrected chi connectivity index (χ4v) is 1.27. The van der Waals surface area contributed by atoms with Crippen LogP contribution in [0.3, 0.4) is 0 Å². The van der Waals surface area contributed by atoms with Crippen molar-refractivity contribution in [2.75, 3.05) is 0 Å². The molecule has 0 fully saturated rings. The molecule has 1 heterocycles. The van der Waals surface area contributed by atoms with Gasteiger partial charge in [-0.3, -0.25) is 4.79 Å². The van der Waals surface area contributed by atoms with E-state index in [9.17, 15) is 26.7 Å². The first-order chi connectivity index (χ1) is 7.27. The van der Waals surface area contributed by atoms with E-state index in [4.69, 9.17) is 5.73 Å². The molecule has 0 saturated heterocycles. The van der Waals surface area contributed by atoms with E-state index in [1.165, 1.54) is 0 Å². The SMILES string of the molecule is NCc1c(C(F)(F)F)cc(=O)[nH]c1C(F)F. The first kappa shape index (κ1) is 12.6. The van der Waals surface area contributed by atoms with Crippen LogP contribution in [0.1, 0.15) is 23.2 Å². The van der Waals surface area contributed by atoms with Gasteiger partial charge in [-0.25, -0.2) is 8.78 Å². The fraction of sp³-hybridized carbons (Fsp3) is 0.375. The highest BCUT2D eigenvalue weighted by atomic mass is 19.4. The predicted molar refractivity (Wildman–Crippen MR) is 44.9 cm³/mol. The summed E-state index contributed by atoms with van der Waals surface area (Å²) in [5.41, 5.74) is 0.451. The third-order valence-corrected chi connectivity index (χ3v) is 1.91. The molecule has 0 aromatic carbocycles. The summed E-state index contributed by atoms with van der Waals surface area (Å²) in [5, 5.41) is 0. The second kappa shape index (κ2) is 4.20. The number of alkyl halides is 5. The van der Waals surface area contributed by atoms with E-state index in [1.54, 1.807) is 4.98 Å². The van der Waals surface area contributed by atoms with Crippen molar-refractivity contribution in [1.29, 1.82) is 0 Å². The molecule has 1 rings (SSSR count). The van der Waals surface area contributed by atoms with Crippen LogP contribution < -0.4 is 11.3 Å². The zero-order valence-corrected chi connectivity index (χ0v) is 7.74. The largest absolute Gasteiger partial charge is 0.416 e.